The lowest BCUT2D eigenvalue weighted by Gasteiger charge is -2.09. The molecule has 0 aliphatic heterocycles. The summed E-state index contributed by atoms with van der Waals surface area (Å²) < 4.78 is 1.03. The Morgan fingerprint density at radius 2 is 1.70 bits per heavy atom. The van der Waals surface area contributed by atoms with Crippen LogP contribution in [0.3, 0.4) is 0 Å². The van der Waals surface area contributed by atoms with Gasteiger partial charge in [-0.2, -0.15) is 0 Å². The van der Waals surface area contributed by atoms with Crippen LogP contribution in [0.5, 0.6) is 0 Å². The molecule has 3 N–H and O–H groups in total. The largest absolute Gasteiger partial charge is 0.337 e. The SMILES string of the molecule is Cc1ccc(NC(=O)NNC(=O)c2csc3ccccc23)cc1. The van der Waals surface area contributed by atoms with Gasteiger partial charge in [0.25, 0.3) is 5.91 Å². The van der Waals surface area contributed by atoms with Crippen LogP contribution >= 0.6 is 11.3 Å². The van der Waals surface area contributed by atoms with Crippen LogP contribution in [0.1, 0.15) is 15.9 Å². The molecular formula is C17H15N3O2S. The van der Waals surface area contributed by atoms with Crippen LogP contribution in [0.15, 0.2) is 53.9 Å². The van der Waals surface area contributed by atoms with E-state index in [1.807, 2.05) is 43.3 Å². The Bertz CT molecular complexity index is 856. The zero-order valence-electron chi connectivity index (χ0n) is 12.4. The molecule has 0 atom stereocenters. The van der Waals surface area contributed by atoms with Crippen LogP contribution in [0.2, 0.25) is 0 Å². The van der Waals surface area contributed by atoms with Gasteiger partial charge in [-0.05, 0) is 25.1 Å². The molecule has 3 amide bonds. The molecule has 1 aromatic heterocycles. The van der Waals surface area contributed by atoms with Gasteiger partial charge < -0.3 is 5.32 Å². The minimum atomic E-state index is -0.498. The third-order valence-corrected chi connectivity index (χ3v) is 4.29. The fourth-order valence-electron chi connectivity index (χ4n) is 2.13. The molecule has 0 saturated carbocycles. The molecule has 0 bridgehead atoms. The Balaban J connectivity index is 1.60. The molecule has 6 heteroatoms. The quantitative estimate of drug-likeness (QED) is 0.629. The first-order chi connectivity index (χ1) is 11.1. The standard InChI is InChI=1S/C17H15N3O2S/c1-11-6-8-12(9-7-11)18-17(22)20-19-16(21)14-10-23-15-5-3-2-4-13(14)15/h2-10H,1H3,(H,19,21)(H2,18,20,22). The lowest BCUT2D eigenvalue weighted by molar-refractivity contribution is 0.0940. The second-order valence-corrected chi connectivity index (χ2v) is 5.96. The van der Waals surface area contributed by atoms with Crippen molar-refractivity contribution in [1.82, 2.24) is 10.9 Å². The van der Waals surface area contributed by atoms with Gasteiger partial charge in [0, 0.05) is 21.2 Å². The Labute approximate surface area is 137 Å². The van der Waals surface area contributed by atoms with Crippen LogP contribution in [0.4, 0.5) is 10.5 Å². The molecule has 1 heterocycles. The summed E-state index contributed by atoms with van der Waals surface area (Å²) in [5.41, 5.74) is 7.07. The summed E-state index contributed by atoms with van der Waals surface area (Å²) in [5, 5.41) is 5.29. The number of thiophene rings is 1. The molecule has 2 aromatic carbocycles. The van der Waals surface area contributed by atoms with E-state index in [2.05, 4.69) is 16.2 Å². The Kier molecular flexibility index (Phi) is 4.25. The monoisotopic (exact) mass is 325 g/mol. The first-order valence-corrected chi connectivity index (χ1v) is 7.92. The number of benzene rings is 2. The zero-order valence-corrected chi connectivity index (χ0v) is 13.2. The summed E-state index contributed by atoms with van der Waals surface area (Å²) in [4.78, 5) is 24.0. The number of nitrogens with one attached hydrogen (secondary N) is 3. The third-order valence-electron chi connectivity index (χ3n) is 3.32. The average Bonchev–Trinajstić information content (AvgIpc) is 2.99. The summed E-state index contributed by atoms with van der Waals surface area (Å²) in [6, 6.07) is 14.5. The topological polar surface area (TPSA) is 70.2 Å². The second kappa shape index (κ2) is 6.50. The number of urea groups is 1. The van der Waals surface area contributed by atoms with Crippen molar-refractivity contribution in [2.75, 3.05) is 5.32 Å². The maximum absolute atomic E-state index is 12.2. The van der Waals surface area contributed by atoms with Crippen LogP contribution in [0.25, 0.3) is 10.1 Å². The predicted octanol–water partition coefficient (Wildman–Crippen LogP) is 3.68. The molecule has 0 fully saturated rings. The molecule has 0 aliphatic carbocycles. The number of hydrogen-bond acceptors (Lipinski definition) is 3. The van der Waals surface area contributed by atoms with Gasteiger partial charge in [-0.15, -0.1) is 11.3 Å². The zero-order chi connectivity index (χ0) is 16.2. The summed E-state index contributed by atoms with van der Waals surface area (Å²) in [6.07, 6.45) is 0. The van der Waals surface area contributed by atoms with Crippen LogP contribution in [-0.4, -0.2) is 11.9 Å². The number of fused-ring (bicyclic) bond motifs is 1. The van der Waals surface area contributed by atoms with Crippen molar-refractivity contribution in [2.45, 2.75) is 6.92 Å². The number of hydrogen-bond donors (Lipinski definition) is 3. The fourth-order valence-corrected chi connectivity index (χ4v) is 3.07. The van der Waals surface area contributed by atoms with Gasteiger partial charge in [-0.3, -0.25) is 10.2 Å². The number of aryl methyl sites for hydroxylation is 1. The predicted molar refractivity (Wildman–Crippen MR) is 92.6 cm³/mol. The maximum Gasteiger partial charge on any atom is 0.337 e. The highest BCUT2D eigenvalue weighted by atomic mass is 32.1. The molecule has 116 valence electrons. The van der Waals surface area contributed by atoms with Crippen molar-refractivity contribution in [3.63, 3.8) is 0 Å². The van der Waals surface area contributed by atoms with Crippen molar-refractivity contribution in [3.8, 4) is 0 Å². The highest BCUT2D eigenvalue weighted by Gasteiger charge is 2.12. The van der Waals surface area contributed by atoms with Crippen LogP contribution in [0, 0.1) is 6.92 Å². The molecule has 5 nitrogen and oxygen atoms in total. The molecule has 3 rings (SSSR count). The van der Waals surface area contributed by atoms with Gasteiger partial charge in [-0.25, -0.2) is 10.2 Å². The number of anilines is 1. The third kappa shape index (κ3) is 3.49. The van der Waals surface area contributed by atoms with Crippen molar-refractivity contribution in [1.29, 1.82) is 0 Å². The van der Waals surface area contributed by atoms with E-state index in [0.717, 1.165) is 15.6 Å². The number of amides is 3. The van der Waals surface area contributed by atoms with Crippen LogP contribution < -0.4 is 16.2 Å². The molecule has 3 aromatic rings. The summed E-state index contributed by atoms with van der Waals surface area (Å²) >= 11 is 1.49. The first kappa shape index (κ1) is 15.1. The van der Waals surface area contributed by atoms with Crippen molar-refractivity contribution in [3.05, 3.63) is 65.0 Å². The van der Waals surface area contributed by atoms with Crippen molar-refractivity contribution < 1.29 is 9.59 Å². The minimum Gasteiger partial charge on any atom is -0.307 e. The van der Waals surface area contributed by atoms with Gasteiger partial charge >= 0.3 is 6.03 Å². The molecule has 23 heavy (non-hydrogen) atoms. The van der Waals surface area contributed by atoms with Crippen LogP contribution in [-0.2, 0) is 0 Å². The number of hydrazine groups is 1. The van der Waals surface area contributed by atoms with E-state index in [4.69, 9.17) is 0 Å². The molecule has 0 aliphatic rings. The summed E-state index contributed by atoms with van der Waals surface area (Å²) in [5.74, 6) is -0.346. The van der Waals surface area contributed by atoms with Gasteiger partial charge in [0.05, 0.1) is 5.56 Å². The van der Waals surface area contributed by atoms with Gasteiger partial charge in [-0.1, -0.05) is 35.9 Å². The highest BCUT2D eigenvalue weighted by molar-refractivity contribution is 7.17. The summed E-state index contributed by atoms with van der Waals surface area (Å²) in [6.45, 7) is 1.97. The van der Waals surface area contributed by atoms with Gasteiger partial charge in [0.2, 0.25) is 0 Å². The number of rotatable bonds is 2. The lowest BCUT2D eigenvalue weighted by atomic mass is 10.2. The summed E-state index contributed by atoms with van der Waals surface area (Å²) in [7, 11) is 0. The van der Waals surface area contributed by atoms with E-state index in [9.17, 15) is 9.59 Å². The molecule has 0 radical (unpaired) electrons. The fraction of sp³-hybridized carbons (Fsp3) is 0.0588. The van der Waals surface area contributed by atoms with E-state index in [1.54, 1.807) is 17.5 Å². The number of carbonyl (C=O) groups is 2. The van der Waals surface area contributed by atoms with Gasteiger partial charge in [0.1, 0.15) is 0 Å². The lowest BCUT2D eigenvalue weighted by Crippen LogP contribution is -2.43. The molecule has 0 spiro atoms. The van der Waals surface area contributed by atoms with Crippen molar-refractivity contribution in [2.24, 2.45) is 0 Å². The van der Waals surface area contributed by atoms with E-state index in [0.29, 0.717) is 11.3 Å². The van der Waals surface area contributed by atoms with E-state index in [1.165, 1.54) is 11.3 Å². The molecular weight excluding hydrogens is 310 g/mol. The van der Waals surface area contributed by atoms with Crippen molar-refractivity contribution >= 4 is 39.0 Å². The van der Waals surface area contributed by atoms with Gasteiger partial charge in [0.15, 0.2) is 0 Å². The van der Waals surface area contributed by atoms with E-state index >= 15 is 0 Å². The smallest absolute Gasteiger partial charge is 0.307 e. The number of carbonyl (C=O) groups excluding carboxylic acids is 2. The maximum atomic E-state index is 12.2. The Morgan fingerprint density at radius 3 is 2.48 bits per heavy atom. The highest BCUT2D eigenvalue weighted by Crippen LogP contribution is 2.25. The first-order valence-electron chi connectivity index (χ1n) is 7.04. The Hall–Kier alpha value is -2.86. The minimum absolute atomic E-state index is 0.346. The van der Waals surface area contributed by atoms with E-state index in [-0.39, 0.29) is 5.91 Å². The molecule has 0 saturated heterocycles. The Morgan fingerprint density at radius 1 is 0.957 bits per heavy atom. The normalized spacial score (nSPS) is 10.3. The molecule has 0 unspecified atom stereocenters. The van der Waals surface area contributed by atoms with E-state index < -0.39 is 6.03 Å². The average molecular weight is 325 g/mol. The second-order valence-electron chi connectivity index (χ2n) is 5.04.